The van der Waals surface area contributed by atoms with Crippen molar-refractivity contribution in [1.82, 2.24) is 4.90 Å². The molecule has 1 amide bonds. The number of rotatable bonds is 6. The minimum Gasteiger partial charge on any atom is -0.496 e. The standard InChI is InChI=1S/C23H23NO7S/c1-27-16-7-5-6-13-10-15(23(26)31-20(13)16)21(25)24-8-9-32-22(24)14-11-18(29-3)19(30-4)12-17(14)28-2/h5-7,10-12,22H,8-9H2,1-4H3. The Balaban J connectivity index is 1.76. The van der Waals surface area contributed by atoms with Crippen molar-refractivity contribution in [3.8, 4) is 23.0 Å². The van der Waals surface area contributed by atoms with Gasteiger partial charge in [-0.2, -0.15) is 0 Å². The van der Waals surface area contributed by atoms with E-state index in [9.17, 15) is 9.59 Å². The molecule has 4 rings (SSSR count). The number of fused-ring (bicyclic) bond motifs is 1. The molecular weight excluding hydrogens is 434 g/mol. The number of hydrogen-bond donors (Lipinski definition) is 0. The number of para-hydroxylation sites is 1. The van der Waals surface area contributed by atoms with Gasteiger partial charge in [-0.1, -0.05) is 12.1 Å². The molecule has 1 aliphatic rings. The number of hydrogen-bond acceptors (Lipinski definition) is 8. The summed E-state index contributed by atoms with van der Waals surface area (Å²) in [6.45, 7) is 0.473. The fraction of sp³-hybridized carbons (Fsp3) is 0.304. The number of benzene rings is 2. The highest BCUT2D eigenvalue weighted by atomic mass is 32.2. The molecule has 168 valence electrons. The van der Waals surface area contributed by atoms with E-state index in [1.165, 1.54) is 7.11 Å². The number of carbonyl (C=O) groups excluding carboxylic acids is 1. The maximum atomic E-state index is 13.5. The van der Waals surface area contributed by atoms with Crippen LogP contribution in [0.2, 0.25) is 0 Å². The molecule has 1 aromatic heterocycles. The Morgan fingerprint density at radius 3 is 2.34 bits per heavy atom. The molecule has 9 heteroatoms. The number of ether oxygens (including phenoxy) is 4. The zero-order valence-electron chi connectivity index (χ0n) is 18.2. The molecule has 0 saturated carbocycles. The average Bonchev–Trinajstić information content (AvgIpc) is 3.31. The molecule has 1 unspecified atom stereocenters. The Hall–Kier alpha value is -3.33. The molecule has 1 atom stereocenters. The van der Waals surface area contributed by atoms with Crippen molar-refractivity contribution in [2.45, 2.75) is 5.37 Å². The summed E-state index contributed by atoms with van der Waals surface area (Å²) in [6, 6.07) is 10.3. The van der Waals surface area contributed by atoms with Gasteiger partial charge in [0.25, 0.3) is 5.91 Å². The van der Waals surface area contributed by atoms with Gasteiger partial charge in [-0.05, 0) is 18.2 Å². The second-order valence-electron chi connectivity index (χ2n) is 7.00. The Labute approximate surface area is 189 Å². The molecule has 1 saturated heterocycles. The van der Waals surface area contributed by atoms with Gasteiger partial charge in [0.2, 0.25) is 0 Å². The number of thioether (sulfide) groups is 1. The molecule has 1 aliphatic heterocycles. The van der Waals surface area contributed by atoms with E-state index in [4.69, 9.17) is 23.4 Å². The quantitative estimate of drug-likeness (QED) is 0.518. The van der Waals surface area contributed by atoms with Crippen LogP contribution in [0.25, 0.3) is 11.0 Å². The Kier molecular flexibility index (Phi) is 6.18. The molecule has 0 radical (unpaired) electrons. The van der Waals surface area contributed by atoms with Crippen molar-refractivity contribution >= 4 is 28.6 Å². The van der Waals surface area contributed by atoms with E-state index < -0.39 is 11.5 Å². The highest BCUT2D eigenvalue weighted by Crippen LogP contribution is 2.46. The summed E-state index contributed by atoms with van der Waals surface area (Å²) >= 11 is 1.58. The first-order valence-corrected chi connectivity index (χ1v) is 10.9. The lowest BCUT2D eigenvalue weighted by atomic mass is 10.1. The van der Waals surface area contributed by atoms with Gasteiger partial charge >= 0.3 is 5.63 Å². The van der Waals surface area contributed by atoms with Crippen LogP contribution in [0.5, 0.6) is 23.0 Å². The van der Waals surface area contributed by atoms with Crippen molar-refractivity contribution in [2.24, 2.45) is 0 Å². The van der Waals surface area contributed by atoms with E-state index >= 15 is 0 Å². The van der Waals surface area contributed by atoms with E-state index in [1.807, 2.05) is 0 Å². The van der Waals surface area contributed by atoms with E-state index in [0.29, 0.717) is 46.3 Å². The smallest absolute Gasteiger partial charge is 0.349 e. The monoisotopic (exact) mass is 457 g/mol. The highest BCUT2D eigenvalue weighted by molar-refractivity contribution is 7.99. The maximum absolute atomic E-state index is 13.5. The second-order valence-corrected chi connectivity index (χ2v) is 8.19. The topological polar surface area (TPSA) is 87.4 Å². The molecule has 2 aromatic carbocycles. The molecule has 0 N–H and O–H groups in total. The van der Waals surface area contributed by atoms with Crippen molar-refractivity contribution in [2.75, 3.05) is 40.7 Å². The van der Waals surface area contributed by atoms with Crippen LogP contribution in [0.4, 0.5) is 0 Å². The normalized spacial score (nSPS) is 15.6. The van der Waals surface area contributed by atoms with Crippen molar-refractivity contribution in [3.63, 3.8) is 0 Å². The fourth-order valence-corrected chi connectivity index (χ4v) is 5.03. The molecule has 0 aliphatic carbocycles. The number of methoxy groups -OCH3 is 4. The molecule has 1 fully saturated rings. The lowest BCUT2D eigenvalue weighted by molar-refractivity contribution is 0.0755. The van der Waals surface area contributed by atoms with Crippen LogP contribution in [-0.2, 0) is 0 Å². The average molecular weight is 458 g/mol. The predicted octanol–water partition coefficient (Wildman–Crippen LogP) is 3.72. The Bertz CT molecular complexity index is 1220. The summed E-state index contributed by atoms with van der Waals surface area (Å²) < 4.78 is 27.1. The summed E-state index contributed by atoms with van der Waals surface area (Å²) in [6.07, 6.45) is 0. The lowest BCUT2D eigenvalue weighted by Crippen LogP contribution is -2.33. The minimum atomic E-state index is -0.707. The van der Waals surface area contributed by atoms with Crippen molar-refractivity contribution in [3.05, 3.63) is 57.9 Å². The number of carbonyl (C=O) groups is 1. The summed E-state index contributed by atoms with van der Waals surface area (Å²) in [5, 5.41) is 0.247. The predicted molar refractivity (Wildman–Crippen MR) is 121 cm³/mol. The zero-order valence-corrected chi connectivity index (χ0v) is 19.0. The Morgan fingerprint density at radius 1 is 0.969 bits per heavy atom. The highest BCUT2D eigenvalue weighted by Gasteiger charge is 2.35. The number of amides is 1. The van der Waals surface area contributed by atoms with Crippen molar-refractivity contribution in [1.29, 1.82) is 0 Å². The van der Waals surface area contributed by atoms with Crippen LogP contribution in [0.1, 0.15) is 21.3 Å². The van der Waals surface area contributed by atoms with Gasteiger partial charge in [0.1, 0.15) is 16.7 Å². The van der Waals surface area contributed by atoms with Crippen LogP contribution in [0, 0.1) is 0 Å². The minimum absolute atomic E-state index is 0.0299. The van der Waals surface area contributed by atoms with Gasteiger partial charge in [-0.3, -0.25) is 4.79 Å². The van der Waals surface area contributed by atoms with E-state index in [2.05, 4.69) is 0 Å². The second kappa shape index (κ2) is 9.04. The summed E-state index contributed by atoms with van der Waals surface area (Å²) in [4.78, 5) is 27.8. The SMILES string of the molecule is COc1cc(OC)c(C2SCCN2C(=O)c2cc3cccc(OC)c3oc2=O)cc1OC. The summed E-state index contributed by atoms with van der Waals surface area (Å²) in [5.41, 5.74) is 0.331. The van der Waals surface area contributed by atoms with E-state index in [1.54, 1.807) is 74.4 Å². The molecule has 8 nitrogen and oxygen atoms in total. The first-order chi connectivity index (χ1) is 15.5. The molecule has 32 heavy (non-hydrogen) atoms. The van der Waals surface area contributed by atoms with Crippen LogP contribution in [0.15, 0.2) is 45.6 Å². The molecule has 0 spiro atoms. The van der Waals surface area contributed by atoms with Crippen molar-refractivity contribution < 1.29 is 28.2 Å². The van der Waals surface area contributed by atoms with E-state index in [0.717, 1.165) is 5.56 Å². The van der Waals surface area contributed by atoms with Crippen LogP contribution < -0.4 is 24.6 Å². The third-order valence-corrected chi connectivity index (χ3v) is 6.57. The fourth-order valence-electron chi connectivity index (χ4n) is 3.76. The Morgan fingerprint density at radius 2 is 1.66 bits per heavy atom. The van der Waals surface area contributed by atoms with Crippen LogP contribution >= 0.6 is 11.8 Å². The molecular formula is C23H23NO7S. The van der Waals surface area contributed by atoms with Gasteiger partial charge in [0.05, 0.1) is 28.4 Å². The zero-order chi connectivity index (χ0) is 22.8. The maximum Gasteiger partial charge on any atom is 0.349 e. The van der Waals surface area contributed by atoms with Gasteiger partial charge in [0.15, 0.2) is 22.8 Å². The number of nitrogens with zero attached hydrogens (tertiary/aromatic N) is 1. The summed E-state index contributed by atoms with van der Waals surface area (Å²) in [7, 11) is 6.15. The van der Waals surface area contributed by atoms with Gasteiger partial charge < -0.3 is 28.3 Å². The van der Waals surface area contributed by atoms with Gasteiger partial charge in [-0.25, -0.2) is 4.79 Å². The van der Waals surface area contributed by atoms with Gasteiger partial charge in [-0.15, -0.1) is 11.8 Å². The summed E-state index contributed by atoms with van der Waals surface area (Å²) in [5.74, 6) is 2.35. The third-order valence-electron chi connectivity index (χ3n) is 5.33. The molecule has 3 aromatic rings. The first kappa shape index (κ1) is 21.9. The van der Waals surface area contributed by atoms with Crippen LogP contribution in [-0.4, -0.2) is 51.5 Å². The lowest BCUT2D eigenvalue weighted by Gasteiger charge is -2.26. The molecule has 2 heterocycles. The largest absolute Gasteiger partial charge is 0.496 e. The first-order valence-electron chi connectivity index (χ1n) is 9.85. The third kappa shape index (κ3) is 3.73. The van der Waals surface area contributed by atoms with Crippen LogP contribution in [0.3, 0.4) is 0 Å². The van der Waals surface area contributed by atoms with Gasteiger partial charge in [0, 0.05) is 29.3 Å². The molecule has 0 bridgehead atoms. The van der Waals surface area contributed by atoms with E-state index in [-0.39, 0.29) is 10.9 Å².